The van der Waals surface area contributed by atoms with Crippen LogP contribution in [0, 0.1) is 5.82 Å². The third-order valence-corrected chi connectivity index (χ3v) is 4.30. The lowest BCUT2D eigenvalue weighted by atomic mass is 10.1. The van der Waals surface area contributed by atoms with Crippen LogP contribution >= 0.6 is 0 Å². The van der Waals surface area contributed by atoms with Crippen molar-refractivity contribution in [2.75, 3.05) is 7.11 Å². The van der Waals surface area contributed by atoms with Crippen molar-refractivity contribution in [1.29, 1.82) is 0 Å². The van der Waals surface area contributed by atoms with Crippen molar-refractivity contribution >= 4 is 0 Å². The van der Waals surface area contributed by atoms with E-state index in [1.54, 1.807) is 31.6 Å². The Morgan fingerprint density at radius 3 is 2.26 bits per heavy atom. The molecule has 2 aromatic carbocycles. The van der Waals surface area contributed by atoms with Gasteiger partial charge in [0.2, 0.25) is 0 Å². The molecule has 0 N–H and O–H groups in total. The molecule has 0 aliphatic carbocycles. The minimum atomic E-state index is -0.283. The Morgan fingerprint density at radius 2 is 1.59 bits per heavy atom. The first-order chi connectivity index (χ1) is 13.2. The lowest BCUT2D eigenvalue weighted by Gasteiger charge is -2.09. The summed E-state index contributed by atoms with van der Waals surface area (Å²) in [5.74, 6) is 0.522. The van der Waals surface area contributed by atoms with Gasteiger partial charge in [0.15, 0.2) is 0 Å². The molecule has 6 heteroatoms. The third kappa shape index (κ3) is 3.55. The summed E-state index contributed by atoms with van der Waals surface area (Å²) in [7, 11) is 1.64. The van der Waals surface area contributed by atoms with E-state index in [2.05, 4.69) is 15.3 Å². The third-order valence-electron chi connectivity index (χ3n) is 4.30. The molecular formula is C21H17FN4O. The molecule has 2 heterocycles. The minimum Gasteiger partial charge on any atom is -0.497 e. The van der Waals surface area contributed by atoms with Crippen molar-refractivity contribution in [3.05, 3.63) is 84.4 Å². The molecule has 0 aliphatic rings. The van der Waals surface area contributed by atoms with E-state index >= 15 is 0 Å². The highest BCUT2D eigenvalue weighted by molar-refractivity contribution is 5.77. The quantitative estimate of drug-likeness (QED) is 0.535. The van der Waals surface area contributed by atoms with Crippen molar-refractivity contribution in [2.45, 2.75) is 6.54 Å². The number of aromatic nitrogens is 4. The number of halogens is 1. The van der Waals surface area contributed by atoms with Crippen LogP contribution in [0.15, 0.2) is 73.1 Å². The van der Waals surface area contributed by atoms with Gasteiger partial charge in [0.05, 0.1) is 19.3 Å². The standard InChI is InChI=1S/C21H17FN4O/c1-27-19-8-2-15(3-9-19)14-26-21(17-10-12-23-13-11-17)20(24-25-26)16-4-6-18(22)7-5-16/h2-13H,14H2,1H3. The maximum Gasteiger partial charge on any atom is 0.123 e. The second kappa shape index (κ2) is 7.37. The second-order valence-corrected chi connectivity index (χ2v) is 6.04. The van der Waals surface area contributed by atoms with Crippen LogP contribution in [-0.4, -0.2) is 27.1 Å². The van der Waals surface area contributed by atoms with E-state index in [9.17, 15) is 4.39 Å². The average molecular weight is 360 g/mol. The van der Waals surface area contributed by atoms with Crippen LogP contribution in [0.1, 0.15) is 5.56 Å². The summed E-state index contributed by atoms with van der Waals surface area (Å²) in [4.78, 5) is 4.09. The Hall–Kier alpha value is -3.54. The molecule has 0 fully saturated rings. The molecule has 134 valence electrons. The fraction of sp³-hybridized carbons (Fsp3) is 0.0952. The molecule has 0 bridgehead atoms. The molecule has 5 nitrogen and oxygen atoms in total. The number of hydrogen-bond donors (Lipinski definition) is 0. The lowest BCUT2D eigenvalue weighted by Crippen LogP contribution is -2.04. The zero-order valence-corrected chi connectivity index (χ0v) is 14.7. The number of nitrogens with zero attached hydrogens (tertiary/aromatic N) is 4. The monoisotopic (exact) mass is 360 g/mol. The Labute approximate surface area is 156 Å². The summed E-state index contributed by atoms with van der Waals surface area (Å²) < 4.78 is 20.4. The number of ether oxygens (including phenoxy) is 1. The molecule has 0 spiro atoms. The molecule has 0 saturated heterocycles. The fourth-order valence-corrected chi connectivity index (χ4v) is 2.93. The lowest BCUT2D eigenvalue weighted by molar-refractivity contribution is 0.414. The van der Waals surface area contributed by atoms with Gasteiger partial charge in [0.1, 0.15) is 17.3 Å². The van der Waals surface area contributed by atoms with E-state index in [1.807, 2.05) is 41.1 Å². The topological polar surface area (TPSA) is 52.8 Å². The summed E-state index contributed by atoms with van der Waals surface area (Å²) in [6.45, 7) is 0.551. The van der Waals surface area contributed by atoms with E-state index in [1.165, 1.54) is 12.1 Å². The summed E-state index contributed by atoms with van der Waals surface area (Å²) in [6, 6.07) is 17.9. The highest BCUT2D eigenvalue weighted by Crippen LogP contribution is 2.30. The average Bonchev–Trinajstić information content (AvgIpc) is 3.13. The molecule has 0 saturated carbocycles. The van der Waals surface area contributed by atoms with Gasteiger partial charge in [-0.05, 0) is 54.1 Å². The zero-order chi connectivity index (χ0) is 18.6. The van der Waals surface area contributed by atoms with Crippen LogP contribution in [0.5, 0.6) is 5.75 Å². The number of methoxy groups -OCH3 is 1. The molecule has 4 aromatic rings. The molecule has 0 unspecified atom stereocenters. The van der Waals surface area contributed by atoms with Crippen molar-refractivity contribution < 1.29 is 9.13 Å². The summed E-state index contributed by atoms with van der Waals surface area (Å²) in [6.07, 6.45) is 3.46. The van der Waals surface area contributed by atoms with Crippen molar-refractivity contribution in [3.8, 4) is 28.3 Å². The Bertz CT molecular complexity index is 1030. The number of hydrogen-bond acceptors (Lipinski definition) is 4. The molecule has 4 rings (SSSR count). The van der Waals surface area contributed by atoms with E-state index in [-0.39, 0.29) is 5.82 Å². The molecule has 0 amide bonds. The van der Waals surface area contributed by atoms with Gasteiger partial charge in [-0.1, -0.05) is 17.3 Å². The van der Waals surface area contributed by atoms with Crippen molar-refractivity contribution in [3.63, 3.8) is 0 Å². The smallest absolute Gasteiger partial charge is 0.123 e. The highest BCUT2D eigenvalue weighted by Gasteiger charge is 2.17. The SMILES string of the molecule is COc1ccc(Cn2nnc(-c3ccc(F)cc3)c2-c2ccncc2)cc1. The normalized spacial score (nSPS) is 10.7. The van der Waals surface area contributed by atoms with E-state index in [4.69, 9.17) is 4.74 Å². The van der Waals surface area contributed by atoms with Crippen molar-refractivity contribution in [1.82, 2.24) is 20.0 Å². The van der Waals surface area contributed by atoms with Gasteiger partial charge in [-0.3, -0.25) is 4.98 Å². The van der Waals surface area contributed by atoms with Crippen molar-refractivity contribution in [2.24, 2.45) is 0 Å². The highest BCUT2D eigenvalue weighted by atomic mass is 19.1. The predicted octanol–water partition coefficient (Wildman–Crippen LogP) is 4.20. The van der Waals surface area contributed by atoms with Crippen LogP contribution < -0.4 is 4.74 Å². The summed E-state index contributed by atoms with van der Waals surface area (Å²) >= 11 is 0. The zero-order valence-electron chi connectivity index (χ0n) is 14.7. The van der Waals surface area contributed by atoms with Crippen LogP contribution in [-0.2, 0) is 6.54 Å². The number of pyridine rings is 1. The van der Waals surface area contributed by atoms with Crippen LogP contribution in [0.2, 0.25) is 0 Å². The van der Waals surface area contributed by atoms with Gasteiger partial charge in [0, 0.05) is 23.5 Å². The molecule has 0 radical (unpaired) electrons. The molecule has 0 aliphatic heterocycles. The number of benzene rings is 2. The van der Waals surface area contributed by atoms with Crippen LogP contribution in [0.25, 0.3) is 22.5 Å². The van der Waals surface area contributed by atoms with Gasteiger partial charge in [-0.15, -0.1) is 5.10 Å². The van der Waals surface area contributed by atoms with E-state index < -0.39 is 0 Å². The van der Waals surface area contributed by atoms with Gasteiger partial charge >= 0.3 is 0 Å². The minimum absolute atomic E-state index is 0.283. The predicted molar refractivity (Wildman–Crippen MR) is 101 cm³/mol. The van der Waals surface area contributed by atoms with E-state index in [0.29, 0.717) is 12.2 Å². The fourth-order valence-electron chi connectivity index (χ4n) is 2.93. The van der Waals surface area contributed by atoms with Gasteiger partial charge in [-0.2, -0.15) is 0 Å². The van der Waals surface area contributed by atoms with E-state index in [0.717, 1.165) is 28.1 Å². The van der Waals surface area contributed by atoms with Gasteiger partial charge in [-0.25, -0.2) is 9.07 Å². The summed E-state index contributed by atoms with van der Waals surface area (Å²) in [5, 5.41) is 8.72. The largest absolute Gasteiger partial charge is 0.497 e. The first kappa shape index (κ1) is 16.9. The Kier molecular flexibility index (Phi) is 4.61. The van der Waals surface area contributed by atoms with Crippen LogP contribution in [0.3, 0.4) is 0 Å². The molecule has 0 atom stereocenters. The molecule has 27 heavy (non-hydrogen) atoms. The number of rotatable bonds is 5. The Balaban J connectivity index is 1.78. The molecule has 2 aromatic heterocycles. The van der Waals surface area contributed by atoms with Gasteiger partial charge < -0.3 is 4.74 Å². The maximum atomic E-state index is 13.3. The second-order valence-electron chi connectivity index (χ2n) is 6.04. The Morgan fingerprint density at radius 1 is 0.889 bits per heavy atom. The van der Waals surface area contributed by atoms with Crippen LogP contribution in [0.4, 0.5) is 4.39 Å². The molecular weight excluding hydrogens is 343 g/mol. The summed E-state index contributed by atoms with van der Waals surface area (Å²) in [5.41, 5.74) is 4.39. The maximum absolute atomic E-state index is 13.3. The first-order valence-corrected chi connectivity index (χ1v) is 8.47. The first-order valence-electron chi connectivity index (χ1n) is 8.47. The van der Waals surface area contributed by atoms with Gasteiger partial charge in [0.25, 0.3) is 0 Å².